The molecule has 1 aromatic heterocycles. The fourth-order valence-electron chi connectivity index (χ4n) is 2.18. The number of anilines is 1. The van der Waals surface area contributed by atoms with Crippen molar-refractivity contribution >= 4 is 17.0 Å². The average Bonchev–Trinajstić information content (AvgIpc) is 2.96. The van der Waals surface area contributed by atoms with Crippen LogP contribution in [0.1, 0.15) is 29.8 Å². The van der Waals surface area contributed by atoms with Crippen LogP contribution in [0.4, 0.5) is 5.69 Å². The van der Waals surface area contributed by atoms with E-state index in [4.69, 9.17) is 0 Å². The number of hydrogen-bond acceptors (Lipinski definition) is 4. The van der Waals surface area contributed by atoms with Gasteiger partial charge in [-0.3, -0.25) is 4.98 Å². The van der Waals surface area contributed by atoms with E-state index in [0.717, 1.165) is 19.4 Å². The fraction of sp³-hybridized carbons (Fsp3) is 0.438. The first-order chi connectivity index (χ1) is 9.70. The first-order valence-electron chi connectivity index (χ1n) is 7.08. The van der Waals surface area contributed by atoms with Crippen molar-refractivity contribution in [3.05, 3.63) is 46.4 Å². The van der Waals surface area contributed by atoms with Gasteiger partial charge in [0.05, 0.1) is 5.51 Å². The molecule has 2 rings (SSSR count). The number of thiazole rings is 1. The Morgan fingerprint density at radius 2 is 2.00 bits per heavy atom. The number of nitrogens with zero attached hydrogens (tertiary/aromatic N) is 2. The highest BCUT2D eigenvalue weighted by Gasteiger charge is 2.12. The molecule has 2 aromatic rings. The van der Waals surface area contributed by atoms with E-state index in [9.17, 15) is 0 Å². The summed E-state index contributed by atoms with van der Waals surface area (Å²) in [7, 11) is 4.14. The van der Waals surface area contributed by atoms with Gasteiger partial charge >= 0.3 is 0 Å². The summed E-state index contributed by atoms with van der Waals surface area (Å²) in [6.07, 6.45) is 4.13. The average molecular weight is 289 g/mol. The smallest absolute Gasteiger partial charge is 0.0794 e. The molecule has 0 radical (unpaired) electrons. The van der Waals surface area contributed by atoms with Crippen LogP contribution in [-0.4, -0.2) is 25.6 Å². The molecule has 1 atom stereocenters. The lowest BCUT2D eigenvalue weighted by Gasteiger charge is -2.20. The number of nitrogens with one attached hydrogen (secondary N) is 1. The molecule has 0 saturated heterocycles. The van der Waals surface area contributed by atoms with Gasteiger partial charge in [-0.2, -0.15) is 0 Å². The Morgan fingerprint density at radius 3 is 2.55 bits per heavy atom. The number of hydrogen-bond donors (Lipinski definition) is 1. The predicted molar refractivity (Wildman–Crippen MR) is 87.6 cm³/mol. The summed E-state index contributed by atoms with van der Waals surface area (Å²) in [4.78, 5) is 7.63. The molecular weight excluding hydrogens is 266 g/mol. The second kappa shape index (κ2) is 7.41. The molecule has 108 valence electrons. The summed E-state index contributed by atoms with van der Waals surface area (Å²) < 4.78 is 0. The van der Waals surface area contributed by atoms with Crippen LogP contribution in [0.3, 0.4) is 0 Å². The fourth-order valence-corrected chi connectivity index (χ4v) is 2.82. The third kappa shape index (κ3) is 4.05. The van der Waals surface area contributed by atoms with E-state index in [1.54, 1.807) is 11.3 Å². The van der Waals surface area contributed by atoms with E-state index >= 15 is 0 Å². The van der Waals surface area contributed by atoms with E-state index in [1.165, 1.54) is 16.1 Å². The minimum absolute atomic E-state index is 0.367. The first kappa shape index (κ1) is 15.0. The van der Waals surface area contributed by atoms with Gasteiger partial charge in [0.2, 0.25) is 0 Å². The third-order valence-corrected chi connectivity index (χ3v) is 4.14. The van der Waals surface area contributed by atoms with E-state index in [2.05, 4.69) is 60.5 Å². The van der Waals surface area contributed by atoms with Crippen molar-refractivity contribution in [2.24, 2.45) is 0 Å². The molecule has 0 bridgehead atoms. The summed E-state index contributed by atoms with van der Waals surface area (Å²) in [6, 6.07) is 9.19. The van der Waals surface area contributed by atoms with Crippen molar-refractivity contribution in [1.82, 2.24) is 10.3 Å². The first-order valence-corrected chi connectivity index (χ1v) is 7.96. The summed E-state index contributed by atoms with van der Waals surface area (Å²) in [5.74, 6) is 0. The molecule has 0 fully saturated rings. The molecule has 0 aliphatic rings. The van der Waals surface area contributed by atoms with Crippen LogP contribution in [0.15, 0.2) is 36.0 Å². The lowest BCUT2D eigenvalue weighted by molar-refractivity contribution is 0.532. The quantitative estimate of drug-likeness (QED) is 0.845. The van der Waals surface area contributed by atoms with Crippen molar-refractivity contribution in [1.29, 1.82) is 0 Å². The highest BCUT2D eigenvalue weighted by molar-refractivity contribution is 7.09. The molecular formula is C16H23N3S. The Balaban J connectivity index is 2.12. The zero-order valence-electron chi connectivity index (χ0n) is 12.5. The van der Waals surface area contributed by atoms with Crippen molar-refractivity contribution in [3.63, 3.8) is 0 Å². The minimum Gasteiger partial charge on any atom is -0.378 e. The van der Waals surface area contributed by atoms with Crippen molar-refractivity contribution in [2.75, 3.05) is 25.5 Å². The van der Waals surface area contributed by atoms with E-state index in [1.807, 2.05) is 11.7 Å². The standard InChI is InChI=1S/C16H23N3S/c1-4-9-18-16(10-15-11-17-12-20-15)13-5-7-14(8-6-13)19(2)3/h5-8,11-12,16,18H,4,9-10H2,1-3H3. The molecule has 0 aliphatic carbocycles. The maximum Gasteiger partial charge on any atom is 0.0794 e. The van der Waals surface area contributed by atoms with Crippen LogP contribution < -0.4 is 10.2 Å². The lowest BCUT2D eigenvalue weighted by Crippen LogP contribution is -2.24. The van der Waals surface area contributed by atoms with Crippen molar-refractivity contribution < 1.29 is 0 Å². The van der Waals surface area contributed by atoms with Gasteiger partial charge in [-0.15, -0.1) is 11.3 Å². The Labute approximate surface area is 125 Å². The monoisotopic (exact) mass is 289 g/mol. The highest BCUT2D eigenvalue weighted by Crippen LogP contribution is 2.22. The third-order valence-electron chi connectivity index (χ3n) is 3.34. The minimum atomic E-state index is 0.367. The van der Waals surface area contributed by atoms with Gasteiger partial charge < -0.3 is 10.2 Å². The van der Waals surface area contributed by atoms with Crippen LogP contribution in [0, 0.1) is 0 Å². The highest BCUT2D eigenvalue weighted by atomic mass is 32.1. The van der Waals surface area contributed by atoms with Crippen molar-refractivity contribution in [2.45, 2.75) is 25.8 Å². The lowest BCUT2D eigenvalue weighted by atomic mass is 10.0. The molecule has 1 N–H and O–H groups in total. The van der Waals surface area contributed by atoms with Crippen LogP contribution >= 0.6 is 11.3 Å². The van der Waals surface area contributed by atoms with E-state index in [-0.39, 0.29) is 0 Å². The van der Waals surface area contributed by atoms with Gasteiger partial charge in [0.15, 0.2) is 0 Å². The van der Waals surface area contributed by atoms with Gasteiger partial charge in [-0.05, 0) is 30.7 Å². The van der Waals surface area contributed by atoms with Crippen LogP contribution in [0.2, 0.25) is 0 Å². The van der Waals surface area contributed by atoms with Gasteiger partial charge in [-0.1, -0.05) is 19.1 Å². The summed E-state index contributed by atoms with van der Waals surface area (Å²) >= 11 is 1.73. The van der Waals surface area contributed by atoms with Gasteiger partial charge in [0, 0.05) is 43.3 Å². The topological polar surface area (TPSA) is 28.2 Å². The van der Waals surface area contributed by atoms with Crippen LogP contribution in [0.5, 0.6) is 0 Å². The molecule has 3 nitrogen and oxygen atoms in total. The Bertz CT molecular complexity index is 491. The second-order valence-corrected chi connectivity index (χ2v) is 6.14. The zero-order chi connectivity index (χ0) is 14.4. The number of rotatable bonds is 7. The molecule has 1 heterocycles. The zero-order valence-corrected chi connectivity index (χ0v) is 13.3. The Kier molecular flexibility index (Phi) is 5.56. The molecule has 0 amide bonds. The molecule has 20 heavy (non-hydrogen) atoms. The molecule has 0 aliphatic heterocycles. The molecule has 1 aromatic carbocycles. The van der Waals surface area contributed by atoms with Gasteiger partial charge in [0.25, 0.3) is 0 Å². The Morgan fingerprint density at radius 1 is 1.25 bits per heavy atom. The van der Waals surface area contributed by atoms with Crippen molar-refractivity contribution in [3.8, 4) is 0 Å². The van der Waals surface area contributed by atoms with Crippen LogP contribution in [-0.2, 0) is 6.42 Å². The normalized spacial score (nSPS) is 12.3. The SMILES string of the molecule is CCCNC(Cc1cncs1)c1ccc(N(C)C)cc1. The molecule has 0 saturated carbocycles. The van der Waals surface area contributed by atoms with Gasteiger partial charge in [0.1, 0.15) is 0 Å². The Hall–Kier alpha value is -1.39. The van der Waals surface area contributed by atoms with E-state index in [0.29, 0.717) is 6.04 Å². The number of benzene rings is 1. The van der Waals surface area contributed by atoms with Crippen LogP contribution in [0.25, 0.3) is 0 Å². The predicted octanol–water partition coefficient (Wildman–Crippen LogP) is 3.49. The maximum absolute atomic E-state index is 4.17. The molecule has 4 heteroatoms. The molecule has 1 unspecified atom stereocenters. The largest absolute Gasteiger partial charge is 0.378 e. The van der Waals surface area contributed by atoms with E-state index < -0.39 is 0 Å². The second-order valence-electron chi connectivity index (χ2n) is 5.16. The number of aromatic nitrogens is 1. The summed E-state index contributed by atoms with van der Waals surface area (Å²) in [5, 5.41) is 3.64. The van der Waals surface area contributed by atoms with Gasteiger partial charge in [-0.25, -0.2) is 0 Å². The maximum atomic E-state index is 4.17. The summed E-state index contributed by atoms with van der Waals surface area (Å²) in [5.41, 5.74) is 4.49. The molecule has 0 spiro atoms. The summed E-state index contributed by atoms with van der Waals surface area (Å²) in [6.45, 7) is 3.24.